The van der Waals surface area contributed by atoms with Gasteiger partial charge in [-0.05, 0) is 41.5 Å². The molecule has 0 fully saturated rings. The van der Waals surface area contributed by atoms with Crippen molar-refractivity contribution in [3.63, 3.8) is 0 Å². The van der Waals surface area contributed by atoms with E-state index in [-0.39, 0.29) is 5.41 Å². The van der Waals surface area contributed by atoms with Gasteiger partial charge in [0.2, 0.25) is 0 Å². The fraction of sp³-hybridized carbons (Fsp3) is 0.571. The normalized spacial score (nSPS) is 15.9. The molecule has 0 saturated carbocycles. The van der Waals surface area contributed by atoms with E-state index in [1.807, 2.05) is 0 Å². The van der Waals surface area contributed by atoms with Gasteiger partial charge >= 0.3 is 0 Å². The number of rotatable bonds is 3. The summed E-state index contributed by atoms with van der Waals surface area (Å²) in [5.41, 5.74) is 10.2. The molecular formula is C14H21NO. The van der Waals surface area contributed by atoms with Crippen molar-refractivity contribution >= 4 is 0 Å². The molecule has 88 valence electrons. The lowest BCUT2D eigenvalue weighted by Gasteiger charge is -2.24. The van der Waals surface area contributed by atoms with Crippen LogP contribution in [0.15, 0.2) is 18.2 Å². The van der Waals surface area contributed by atoms with Crippen molar-refractivity contribution in [1.29, 1.82) is 0 Å². The summed E-state index contributed by atoms with van der Waals surface area (Å²) in [7, 11) is 0. The monoisotopic (exact) mass is 219 g/mol. The molecule has 0 unspecified atom stereocenters. The molecule has 0 radical (unpaired) electrons. The van der Waals surface area contributed by atoms with Gasteiger partial charge in [0.25, 0.3) is 0 Å². The van der Waals surface area contributed by atoms with E-state index in [1.54, 1.807) is 0 Å². The summed E-state index contributed by atoms with van der Waals surface area (Å²) in [5.74, 6) is 0. The molecule has 0 atom stereocenters. The lowest BCUT2D eigenvalue weighted by Crippen LogP contribution is -2.26. The Morgan fingerprint density at radius 1 is 1.31 bits per heavy atom. The molecule has 0 spiro atoms. The molecule has 0 bridgehead atoms. The van der Waals surface area contributed by atoms with Crippen molar-refractivity contribution in [2.45, 2.75) is 33.3 Å². The summed E-state index contributed by atoms with van der Waals surface area (Å²) in [5, 5.41) is 0. The highest BCUT2D eigenvalue weighted by atomic mass is 16.5. The van der Waals surface area contributed by atoms with Crippen LogP contribution in [0.25, 0.3) is 0 Å². The molecule has 2 rings (SSSR count). The molecule has 1 aliphatic heterocycles. The molecule has 1 aromatic rings. The van der Waals surface area contributed by atoms with E-state index in [0.29, 0.717) is 0 Å². The van der Waals surface area contributed by atoms with E-state index in [4.69, 9.17) is 10.5 Å². The summed E-state index contributed by atoms with van der Waals surface area (Å²) in [6.45, 7) is 6.80. The minimum absolute atomic E-state index is 0.194. The van der Waals surface area contributed by atoms with Crippen LogP contribution in [0.5, 0.6) is 0 Å². The Hall–Kier alpha value is -0.860. The molecule has 0 saturated heterocycles. The van der Waals surface area contributed by atoms with Crippen LogP contribution in [0, 0.1) is 5.41 Å². The van der Waals surface area contributed by atoms with E-state index in [1.165, 1.54) is 16.7 Å². The first kappa shape index (κ1) is 11.6. The van der Waals surface area contributed by atoms with Crippen LogP contribution < -0.4 is 5.73 Å². The molecule has 1 heterocycles. The van der Waals surface area contributed by atoms with Crippen LogP contribution in [0.2, 0.25) is 0 Å². The predicted molar refractivity (Wildman–Crippen MR) is 66.3 cm³/mol. The molecule has 1 aromatic carbocycles. The molecule has 16 heavy (non-hydrogen) atoms. The molecule has 2 nitrogen and oxygen atoms in total. The zero-order chi connectivity index (χ0) is 11.6. The Morgan fingerprint density at radius 3 is 2.88 bits per heavy atom. The van der Waals surface area contributed by atoms with Crippen molar-refractivity contribution in [2.24, 2.45) is 11.1 Å². The summed E-state index contributed by atoms with van der Waals surface area (Å²) >= 11 is 0. The van der Waals surface area contributed by atoms with Gasteiger partial charge in [0, 0.05) is 0 Å². The highest BCUT2D eigenvalue weighted by Crippen LogP contribution is 2.24. The van der Waals surface area contributed by atoms with Crippen molar-refractivity contribution in [3.05, 3.63) is 34.9 Å². The second-order valence-electron chi connectivity index (χ2n) is 5.45. The predicted octanol–water partition coefficient (Wildman–Crippen LogP) is 2.29. The van der Waals surface area contributed by atoms with Gasteiger partial charge in [-0.3, -0.25) is 0 Å². The zero-order valence-electron chi connectivity index (χ0n) is 10.3. The Bertz CT molecular complexity index is 371. The maximum absolute atomic E-state index is 5.77. The Labute approximate surface area is 97.8 Å². The third-order valence-corrected chi connectivity index (χ3v) is 3.28. The Balaban J connectivity index is 2.17. The first-order chi connectivity index (χ1) is 7.61. The van der Waals surface area contributed by atoms with Gasteiger partial charge in [0.15, 0.2) is 0 Å². The molecule has 2 N–H and O–H groups in total. The lowest BCUT2D eigenvalue weighted by atomic mass is 9.85. The van der Waals surface area contributed by atoms with Crippen LogP contribution in [0.1, 0.15) is 30.5 Å². The lowest BCUT2D eigenvalue weighted by molar-refractivity contribution is 0.110. The van der Waals surface area contributed by atoms with E-state index in [2.05, 4.69) is 32.0 Å². The first-order valence-electron chi connectivity index (χ1n) is 5.99. The molecule has 0 aromatic heterocycles. The first-order valence-corrected chi connectivity index (χ1v) is 5.99. The fourth-order valence-electron chi connectivity index (χ4n) is 2.15. The van der Waals surface area contributed by atoms with Crippen LogP contribution in [0.3, 0.4) is 0 Å². The average molecular weight is 219 g/mol. The number of hydrogen-bond donors (Lipinski definition) is 1. The highest BCUT2D eigenvalue weighted by molar-refractivity contribution is 5.33. The van der Waals surface area contributed by atoms with Crippen molar-refractivity contribution in [3.8, 4) is 0 Å². The maximum atomic E-state index is 5.77. The molecule has 2 heteroatoms. The third-order valence-electron chi connectivity index (χ3n) is 3.28. The topological polar surface area (TPSA) is 35.2 Å². The zero-order valence-corrected chi connectivity index (χ0v) is 10.3. The van der Waals surface area contributed by atoms with Crippen LogP contribution in [-0.4, -0.2) is 13.2 Å². The van der Waals surface area contributed by atoms with Gasteiger partial charge in [-0.2, -0.15) is 0 Å². The van der Waals surface area contributed by atoms with Gasteiger partial charge in [-0.1, -0.05) is 32.0 Å². The summed E-state index contributed by atoms with van der Waals surface area (Å²) < 4.78 is 5.44. The second kappa shape index (κ2) is 4.56. The Morgan fingerprint density at radius 2 is 2.12 bits per heavy atom. The average Bonchev–Trinajstić information content (AvgIpc) is 2.28. The van der Waals surface area contributed by atoms with Gasteiger partial charge in [-0.15, -0.1) is 0 Å². The quantitative estimate of drug-likeness (QED) is 0.846. The van der Waals surface area contributed by atoms with Crippen molar-refractivity contribution < 1.29 is 4.74 Å². The molecular weight excluding hydrogens is 198 g/mol. The van der Waals surface area contributed by atoms with Crippen molar-refractivity contribution in [1.82, 2.24) is 0 Å². The third kappa shape index (κ3) is 2.63. The minimum atomic E-state index is 0.194. The summed E-state index contributed by atoms with van der Waals surface area (Å²) in [6, 6.07) is 6.75. The van der Waals surface area contributed by atoms with E-state index in [9.17, 15) is 0 Å². The molecule has 0 amide bonds. The van der Waals surface area contributed by atoms with Gasteiger partial charge < -0.3 is 10.5 Å². The molecule has 1 aliphatic rings. The number of ether oxygens (including phenoxy) is 1. The van der Waals surface area contributed by atoms with Crippen LogP contribution in [-0.2, 0) is 24.2 Å². The summed E-state index contributed by atoms with van der Waals surface area (Å²) in [4.78, 5) is 0. The number of fused-ring (bicyclic) bond motifs is 1. The fourth-order valence-corrected chi connectivity index (χ4v) is 2.15. The number of nitrogens with two attached hydrogens (primary N) is 1. The minimum Gasteiger partial charge on any atom is -0.376 e. The van der Waals surface area contributed by atoms with Crippen LogP contribution >= 0.6 is 0 Å². The second-order valence-corrected chi connectivity index (χ2v) is 5.45. The largest absolute Gasteiger partial charge is 0.376 e. The number of benzene rings is 1. The van der Waals surface area contributed by atoms with Gasteiger partial charge in [0.1, 0.15) is 0 Å². The van der Waals surface area contributed by atoms with Gasteiger partial charge in [0.05, 0.1) is 13.2 Å². The highest BCUT2D eigenvalue weighted by Gasteiger charge is 2.17. The Kier molecular flexibility index (Phi) is 3.31. The van der Waals surface area contributed by atoms with E-state index >= 15 is 0 Å². The van der Waals surface area contributed by atoms with E-state index < -0.39 is 0 Å². The SMILES string of the molecule is CC(C)(CN)Cc1ccc2c(c1)CCOC2. The summed E-state index contributed by atoms with van der Waals surface area (Å²) in [6.07, 6.45) is 2.10. The van der Waals surface area contributed by atoms with E-state index in [0.717, 1.165) is 32.6 Å². The van der Waals surface area contributed by atoms with Crippen LogP contribution in [0.4, 0.5) is 0 Å². The smallest absolute Gasteiger partial charge is 0.0719 e. The van der Waals surface area contributed by atoms with Gasteiger partial charge in [-0.25, -0.2) is 0 Å². The standard InChI is InChI=1S/C14H21NO/c1-14(2,10-15)8-11-3-4-13-9-16-6-5-12(13)7-11/h3-4,7H,5-6,8-10,15H2,1-2H3. The number of hydrogen-bond acceptors (Lipinski definition) is 2. The molecule has 0 aliphatic carbocycles. The maximum Gasteiger partial charge on any atom is 0.0719 e. The van der Waals surface area contributed by atoms with Crippen molar-refractivity contribution in [2.75, 3.05) is 13.2 Å².